The molecule has 1 saturated heterocycles. The summed E-state index contributed by atoms with van der Waals surface area (Å²) in [7, 11) is 0. The Labute approximate surface area is 131 Å². The van der Waals surface area contributed by atoms with Gasteiger partial charge in [0.25, 0.3) is 0 Å². The summed E-state index contributed by atoms with van der Waals surface area (Å²) < 4.78 is 5.39. The van der Waals surface area contributed by atoms with E-state index >= 15 is 0 Å². The highest BCUT2D eigenvalue weighted by atomic mass is 16.6. The SMILES string of the molecule is C[C@@H](O)c1ccc(N2CCN(C(=O)OC(C)(C)C)CC2)nc1. The van der Waals surface area contributed by atoms with Gasteiger partial charge in [-0.1, -0.05) is 6.07 Å². The number of amides is 1. The zero-order valence-electron chi connectivity index (χ0n) is 13.7. The maximum Gasteiger partial charge on any atom is 0.410 e. The summed E-state index contributed by atoms with van der Waals surface area (Å²) in [6.07, 6.45) is 0.926. The second kappa shape index (κ2) is 6.52. The second-order valence-electron chi connectivity index (χ2n) is 6.58. The van der Waals surface area contributed by atoms with Crippen molar-refractivity contribution in [1.82, 2.24) is 9.88 Å². The standard InChI is InChI=1S/C16H25N3O3/c1-12(20)13-5-6-14(17-11-13)18-7-9-19(10-8-18)15(21)22-16(2,3)4/h5-6,11-12,20H,7-10H2,1-4H3/t12-/m1/s1. The first kappa shape index (κ1) is 16.5. The number of piperazine rings is 1. The Morgan fingerprint density at radius 3 is 2.36 bits per heavy atom. The fourth-order valence-electron chi connectivity index (χ4n) is 2.28. The van der Waals surface area contributed by atoms with Crippen LogP contribution in [0.2, 0.25) is 0 Å². The molecule has 1 aliphatic rings. The first-order valence-corrected chi connectivity index (χ1v) is 7.63. The summed E-state index contributed by atoms with van der Waals surface area (Å²) in [5, 5.41) is 9.50. The molecule has 6 heteroatoms. The number of pyridine rings is 1. The van der Waals surface area contributed by atoms with E-state index in [1.54, 1.807) is 18.0 Å². The minimum absolute atomic E-state index is 0.260. The van der Waals surface area contributed by atoms with E-state index in [0.717, 1.165) is 24.5 Å². The average molecular weight is 307 g/mol. The minimum Gasteiger partial charge on any atom is -0.444 e. The summed E-state index contributed by atoms with van der Waals surface area (Å²) in [6.45, 7) is 10.0. The maximum absolute atomic E-state index is 12.0. The van der Waals surface area contributed by atoms with E-state index in [-0.39, 0.29) is 6.09 Å². The molecule has 0 aromatic carbocycles. The number of carbonyl (C=O) groups is 1. The number of ether oxygens (including phenoxy) is 1. The lowest BCUT2D eigenvalue weighted by Gasteiger charge is -2.36. The molecule has 1 aromatic heterocycles. The summed E-state index contributed by atoms with van der Waals surface area (Å²) in [5.41, 5.74) is 0.336. The fourth-order valence-corrected chi connectivity index (χ4v) is 2.28. The third-order valence-corrected chi connectivity index (χ3v) is 3.51. The van der Waals surface area contributed by atoms with Crippen LogP contribution in [0.3, 0.4) is 0 Å². The van der Waals surface area contributed by atoms with E-state index in [1.807, 2.05) is 32.9 Å². The molecule has 22 heavy (non-hydrogen) atoms. The largest absolute Gasteiger partial charge is 0.444 e. The number of rotatable bonds is 2. The van der Waals surface area contributed by atoms with Crippen LogP contribution >= 0.6 is 0 Å². The second-order valence-corrected chi connectivity index (χ2v) is 6.58. The number of aliphatic hydroxyl groups excluding tert-OH is 1. The molecular weight excluding hydrogens is 282 g/mol. The number of hydrogen-bond donors (Lipinski definition) is 1. The molecule has 0 unspecified atom stereocenters. The number of nitrogens with zero attached hydrogens (tertiary/aromatic N) is 3. The van der Waals surface area contributed by atoms with Gasteiger partial charge in [-0.05, 0) is 39.3 Å². The van der Waals surface area contributed by atoms with E-state index in [0.29, 0.717) is 13.1 Å². The molecule has 1 amide bonds. The third-order valence-electron chi connectivity index (χ3n) is 3.51. The molecule has 2 rings (SSSR count). The maximum atomic E-state index is 12.0. The number of carbonyl (C=O) groups excluding carboxylic acids is 1. The molecule has 0 aliphatic carbocycles. The number of anilines is 1. The van der Waals surface area contributed by atoms with Crippen LogP contribution in [0.4, 0.5) is 10.6 Å². The highest BCUT2D eigenvalue weighted by Gasteiger charge is 2.26. The summed E-state index contributed by atoms with van der Waals surface area (Å²) >= 11 is 0. The topological polar surface area (TPSA) is 65.9 Å². The van der Waals surface area contributed by atoms with Gasteiger partial charge in [0.15, 0.2) is 0 Å². The van der Waals surface area contributed by atoms with E-state index in [9.17, 15) is 9.90 Å². The molecular formula is C16H25N3O3. The Balaban J connectivity index is 1.90. The fraction of sp³-hybridized carbons (Fsp3) is 0.625. The number of hydrogen-bond acceptors (Lipinski definition) is 5. The molecule has 1 N–H and O–H groups in total. The summed E-state index contributed by atoms with van der Waals surface area (Å²) in [6, 6.07) is 3.79. The molecule has 6 nitrogen and oxygen atoms in total. The van der Waals surface area contributed by atoms with Crippen LogP contribution in [0.1, 0.15) is 39.4 Å². The molecule has 0 radical (unpaired) electrons. The Bertz CT molecular complexity index is 500. The van der Waals surface area contributed by atoms with Gasteiger partial charge in [0.05, 0.1) is 6.10 Å². The number of aromatic nitrogens is 1. The molecule has 1 fully saturated rings. The van der Waals surface area contributed by atoms with Gasteiger partial charge in [-0.2, -0.15) is 0 Å². The third kappa shape index (κ3) is 4.34. The van der Waals surface area contributed by atoms with Gasteiger partial charge in [-0.3, -0.25) is 0 Å². The van der Waals surface area contributed by atoms with Crippen LogP contribution in [0.25, 0.3) is 0 Å². The summed E-state index contributed by atoms with van der Waals surface area (Å²) in [4.78, 5) is 20.3. The molecule has 0 spiro atoms. The lowest BCUT2D eigenvalue weighted by atomic mass is 10.2. The van der Waals surface area contributed by atoms with Gasteiger partial charge >= 0.3 is 6.09 Å². The van der Waals surface area contributed by atoms with Crippen LogP contribution < -0.4 is 4.90 Å². The van der Waals surface area contributed by atoms with Gasteiger partial charge in [0.1, 0.15) is 11.4 Å². The normalized spacial score (nSPS) is 17.3. The van der Waals surface area contributed by atoms with Crippen molar-refractivity contribution in [2.75, 3.05) is 31.1 Å². The van der Waals surface area contributed by atoms with Crippen molar-refractivity contribution in [3.63, 3.8) is 0 Å². The van der Waals surface area contributed by atoms with Crippen molar-refractivity contribution in [2.45, 2.75) is 39.4 Å². The van der Waals surface area contributed by atoms with Crippen molar-refractivity contribution in [3.05, 3.63) is 23.9 Å². The van der Waals surface area contributed by atoms with Crippen LogP contribution in [0.15, 0.2) is 18.3 Å². The van der Waals surface area contributed by atoms with Gasteiger partial charge in [0.2, 0.25) is 0 Å². The zero-order valence-corrected chi connectivity index (χ0v) is 13.7. The molecule has 2 heterocycles. The zero-order chi connectivity index (χ0) is 16.3. The predicted molar refractivity (Wildman–Crippen MR) is 84.9 cm³/mol. The van der Waals surface area contributed by atoms with Gasteiger partial charge in [-0.25, -0.2) is 9.78 Å². The smallest absolute Gasteiger partial charge is 0.410 e. The Kier molecular flexibility index (Phi) is 4.90. The van der Waals surface area contributed by atoms with Crippen molar-refractivity contribution in [3.8, 4) is 0 Å². The molecule has 122 valence electrons. The van der Waals surface area contributed by atoms with E-state index in [4.69, 9.17) is 4.74 Å². The first-order chi connectivity index (χ1) is 10.3. The van der Waals surface area contributed by atoms with Crippen LogP contribution in [-0.2, 0) is 4.74 Å². The highest BCUT2D eigenvalue weighted by Crippen LogP contribution is 2.18. The van der Waals surface area contributed by atoms with Crippen LogP contribution in [0, 0.1) is 0 Å². The quantitative estimate of drug-likeness (QED) is 0.907. The van der Waals surface area contributed by atoms with Crippen LogP contribution in [-0.4, -0.2) is 52.9 Å². The Morgan fingerprint density at radius 2 is 1.91 bits per heavy atom. The highest BCUT2D eigenvalue weighted by molar-refractivity contribution is 5.68. The molecule has 0 bridgehead atoms. The average Bonchev–Trinajstić information content (AvgIpc) is 2.46. The Morgan fingerprint density at radius 1 is 1.27 bits per heavy atom. The predicted octanol–water partition coefficient (Wildman–Crippen LogP) is 2.19. The van der Waals surface area contributed by atoms with Crippen molar-refractivity contribution < 1.29 is 14.6 Å². The number of aliphatic hydroxyl groups is 1. The lowest BCUT2D eigenvalue weighted by Crippen LogP contribution is -2.50. The van der Waals surface area contributed by atoms with E-state index < -0.39 is 11.7 Å². The molecule has 1 aromatic rings. The molecule has 0 saturated carbocycles. The van der Waals surface area contributed by atoms with Crippen molar-refractivity contribution in [2.24, 2.45) is 0 Å². The van der Waals surface area contributed by atoms with E-state index in [1.165, 1.54) is 0 Å². The van der Waals surface area contributed by atoms with Gasteiger partial charge < -0.3 is 19.6 Å². The Hall–Kier alpha value is -1.82. The first-order valence-electron chi connectivity index (χ1n) is 7.63. The van der Waals surface area contributed by atoms with Crippen molar-refractivity contribution in [1.29, 1.82) is 0 Å². The molecule has 1 aliphatic heterocycles. The van der Waals surface area contributed by atoms with Gasteiger partial charge in [-0.15, -0.1) is 0 Å². The molecule has 1 atom stereocenters. The summed E-state index contributed by atoms with van der Waals surface area (Å²) in [5.74, 6) is 0.869. The van der Waals surface area contributed by atoms with Crippen molar-refractivity contribution >= 4 is 11.9 Å². The van der Waals surface area contributed by atoms with Crippen LogP contribution in [0.5, 0.6) is 0 Å². The lowest BCUT2D eigenvalue weighted by molar-refractivity contribution is 0.0240. The monoisotopic (exact) mass is 307 g/mol. The van der Waals surface area contributed by atoms with E-state index in [2.05, 4.69) is 9.88 Å². The minimum atomic E-state index is -0.509. The van der Waals surface area contributed by atoms with Gasteiger partial charge in [0, 0.05) is 32.4 Å².